The number of nitrogens with zero attached hydrogens (tertiary/aromatic N) is 2. The summed E-state index contributed by atoms with van der Waals surface area (Å²) in [6, 6.07) is 9.59. The van der Waals surface area contributed by atoms with Gasteiger partial charge in [-0.2, -0.15) is 0 Å². The number of amides is 1. The summed E-state index contributed by atoms with van der Waals surface area (Å²) in [6.07, 6.45) is 1.06. The first-order chi connectivity index (χ1) is 13.7. The number of likely N-dealkylation sites (N-methyl/N-ethyl adjacent to an activating group) is 1. The zero-order valence-electron chi connectivity index (χ0n) is 16.3. The Morgan fingerprint density at radius 3 is 2.38 bits per heavy atom. The molecule has 0 atom stereocenters. The van der Waals surface area contributed by atoms with Crippen molar-refractivity contribution in [2.75, 3.05) is 49.2 Å². The molecule has 6 nitrogen and oxygen atoms in total. The van der Waals surface area contributed by atoms with Gasteiger partial charge < -0.3 is 15.1 Å². The predicted octanol–water partition coefficient (Wildman–Crippen LogP) is 3.79. The number of rotatable bonds is 5. The van der Waals surface area contributed by atoms with Gasteiger partial charge in [0.15, 0.2) is 9.84 Å². The molecule has 1 heterocycles. The van der Waals surface area contributed by atoms with Crippen LogP contribution in [0.1, 0.15) is 17.3 Å². The quantitative estimate of drug-likeness (QED) is 0.742. The first-order valence-electron chi connectivity index (χ1n) is 9.27. The number of carbonyl (C=O) groups is 1. The summed E-state index contributed by atoms with van der Waals surface area (Å²) in [7, 11) is -3.55. The highest BCUT2D eigenvalue weighted by Crippen LogP contribution is 2.31. The minimum Gasteiger partial charge on any atom is -0.367 e. The highest BCUT2D eigenvalue weighted by atomic mass is 35.5. The minimum atomic E-state index is -3.55. The normalized spacial score (nSPS) is 15.4. The fourth-order valence-electron chi connectivity index (χ4n) is 3.31. The summed E-state index contributed by atoms with van der Waals surface area (Å²) in [5.41, 5.74) is 1.68. The van der Waals surface area contributed by atoms with Crippen LogP contribution in [-0.4, -0.2) is 58.2 Å². The fraction of sp³-hybridized carbons (Fsp3) is 0.350. The Balaban J connectivity index is 1.87. The zero-order valence-corrected chi connectivity index (χ0v) is 18.6. The lowest BCUT2D eigenvalue weighted by Gasteiger charge is -2.36. The molecule has 0 unspecified atom stereocenters. The van der Waals surface area contributed by atoms with Gasteiger partial charge in [-0.05, 0) is 42.9 Å². The maximum absolute atomic E-state index is 12.8. The summed E-state index contributed by atoms with van der Waals surface area (Å²) < 4.78 is 23.8. The number of benzene rings is 2. The second-order valence-electron chi connectivity index (χ2n) is 6.95. The van der Waals surface area contributed by atoms with Gasteiger partial charge in [-0.15, -0.1) is 0 Å². The Kier molecular flexibility index (Phi) is 6.73. The lowest BCUT2D eigenvalue weighted by atomic mass is 10.1. The molecule has 2 aromatic rings. The second kappa shape index (κ2) is 8.92. The Morgan fingerprint density at radius 1 is 1.07 bits per heavy atom. The summed E-state index contributed by atoms with van der Waals surface area (Å²) in [5.74, 6) is -0.428. The minimum absolute atomic E-state index is 0.0752. The third-order valence-corrected chi connectivity index (χ3v) is 6.77. The maximum Gasteiger partial charge on any atom is 0.255 e. The molecule has 0 radical (unpaired) electrons. The van der Waals surface area contributed by atoms with Crippen LogP contribution in [0.4, 0.5) is 11.4 Å². The molecule has 1 amide bonds. The number of carbonyl (C=O) groups excluding carboxylic acids is 1. The third kappa shape index (κ3) is 5.22. The van der Waals surface area contributed by atoms with Crippen molar-refractivity contribution in [2.45, 2.75) is 11.8 Å². The molecule has 9 heteroatoms. The van der Waals surface area contributed by atoms with E-state index < -0.39 is 15.7 Å². The molecular formula is C20H23Cl2N3O3S. The van der Waals surface area contributed by atoms with E-state index >= 15 is 0 Å². The molecule has 0 saturated carbocycles. The number of hydrogen-bond donors (Lipinski definition) is 1. The van der Waals surface area contributed by atoms with Crippen LogP contribution < -0.4 is 10.2 Å². The zero-order chi connectivity index (χ0) is 21.2. The highest BCUT2D eigenvalue weighted by Gasteiger charge is 2.21. The van der Waals surface area contributed by atoms with E-state index in [0.717, 1.165) is 44.7 Å². The summed E-state index contributed by atoms with van der Waals surface area (Å²) in [5, 5.41) is 3.46. The molecule has 2 aromatic carbocycles. The second-order valence-corrected chi connectivity index (χ2v) is 9.78. The van der Waals surface area contributed by atoms with Gasteiger partial charge in [0.1, 0.15) is 0 Å². The van der Waals surface area contributed by atoms with E-state index in [-0.39, 0.29) is 15.5 Å². The van der Waals surface area contributed by atoms with Crippen molar-refractivity contribution in [3.05, 3.63) is 52.0 Å². The van der Waals surface area contributed by atoms with Crippen molar-refractivity contribution in [2.24, 2.45) is 0 Å². The van der Waals surface area contributed by atoms with Crippen molar-refractivity contribution in [1.29, 1.82) is 0 Å². The van der Waals surface area contributed by atoms with E-state index in [4.69, 9.17) is 23.2 Å². The Bertz CT molecular complexity index is 1020. The molecule has 0 aliphatic carbocycles. The average Bonchev–Trinajstić information content (AvgIpc) is 2.67. The van der Waals surface area contributed by atoms with Gasteiger partial charge in [-0.25, -0.2) is 8.42 Å². The van der Waals surface area contributed by atoms with Gasteiger partial charge in [0.2, 0.25) is 0 Å². The van der Waals surface area contributed by atoms with Crippen LogP contribution in [0.25, 0.3) is 0 Å². The van der Waals surface area contributed by atoms with Gasteiger partial charge in [-0.1, -0.05) is 30.1 Å². The number of sulfone groups is 1. The highest BCUT2D eigenvalue weighted by molar-refractivity contribution is 7.90. The van der Waals surface area contributed by atoms with Crippen molar-refractivity contribution in [3.8, 4) is 0 Å². The Morgan fingerprint density at radius 2 is 1.76 bits per heavy atom. The van der Waals surface area contributed by atoms with Crippen LogP contribution in [0.5, 0.6) is 0 Å². The van der Waals surface area contributed by atoms with Gasteiger partial charge in [-0.3, -0.25) is 4.79 Å². The molecule has 29 heavy (non-hydrogen) atoms. The third-order valence-electron chi connectivity index (χ3n) is 4.96. The van der Waals surface area contributed by atoms with Crippen LogP contribution in [0.2, 0.25) is 10.0 Å². The maximum atomic E-state index is 12.8. The van der Waals surface area contributed by atoms with E-state index in [1.165, 1.54) is 18.2 Å². The number of piperazine rings is 1. The molecule has 3 rings (SSSR count). The number of nitrogens with one attached hydrogen (secondary N) is 1. The molecule has 1 N–H and O–H groups in total. The van der Waals surface area contributed by atoms with E-state index in [9.17, 15) is 13.2 Å². The smallest absolute Gasteiger partial charge is 0.255 e. The summed E-state index contributed by atoms with van der Waals surface area (Å²) in [6.45, 7) is 6.73. The lowest BCUT2D eigenvalue weighted by Crippen LogP contribution is -2.46. The Hall–Kier alpha value is -1.80. The van der Waals surface area contributed by atoms with Crippen LogP contribution in [-0.2, 0) is 9.84 Å². The van der Waals surface area contributed by atoms with Gasteiger partial charge in [0.25, 0.3) is 5.91 Å². The largest absolute Gasteiger partial charge is 0.367 e. The molecule has 156 valence electrons. The standard InChI is InChI=1S/C20H23Cl2N3O3S/c1-3-24-8-10-25(11-9-24)18-7-5-15(21)13-17(18)23-20(26)14-4-6-16(22)19(12-14)29(2,27)28/h4-7,12-13H,3,8-11H2,1-2H3,(H,23,26). The van der Waals surface area contributed by atoms with Gasteiger partial charge in [0, 0.05) is 43.0 Å². The predicted molar refractivity (Wildman–Crippen MR) is 118 cm³/mol. The molecule has 1 aliphatic rings. The fourth-order valence-corrected chi connectivity index (χ4v) is 4.79. The summed E-state index contributed by atoms with van der Waals surface area (Å²) >= 11 is 12.1. The SMILES string of the molecule is CCN1CCN(c2ccc(Cl)cc2NC(=O)c2ccc(Cl)c(S(C)(=O)=O)c2)CC1. The molecule has 1 saturated heterocycles. The summed E-state index contributed by atoms with van der Waals surface area (Å²) in [4.78, 5) is 17.3. The van der Waals surface area contributed by atoms with Crippen molar-refractivity contribution >= 4 is 50.3 Å². The molecule has 0 spiro atoms. The van der Waals surface area contributed by atoms with E-state index in [2.05, 4.69) is 22.0 Å². The van der Waals surface area contributed by atoms with Crippen molar-refractivity contribution in [1.82, 2.24) is 4.90 Å². The van der Waals surface area contributed by atoms with Crippen LogP contribution in [0.3, 0.4) is 0 Å². The van der Waals surface area contributed by atoms with Crippen LogP contribution in [0, 0.1) is 0 Å². The van der Waals surface area contributed by atoms with Crippen LogP contribution >= 0.6 is 23.2 Å². The number of anilines is 2. The lowest BCUT2D eigenvalue weighted by molar-refractivity contribution is 0.102. The van der Waals surface area contributed by atoms with E-state index in [0.29, 0.717) is 10.7 Å². The first kappa shape index (κ1) is 21.9. The molecule has 1 aliphatic heterocycles. The first-order valence-corrected chi connectivity index (χ1v) is 11.9. The van der Waals surface area contributed by atoms with Gasteiger partial charge in [0.05, 0.1) is 21.3 Å². The monoisotopic (exact) mass is 455 g/mol. The van der Waals surface area contributed by atoms with Crippen molar-refractivity contribution < 1.29 is 13.2 Å². The van der Waals surface area contributed by atoms with E-state index in [1.54, 1.807) is 12.1 Å². The van der Waals surface area contributed by atoms with Crippen LogP contribution in [0.15, 0.2) is 41.3 Å². The number of halogens is 2. The molecule has 1 fully saturated rings. The molecule has 0 bridgehead atoms. The van der Waals surface area contributed by atoms with Crippen molar-refractivity contribution in [3.63, 3.8) is 0 Å². The molecular weight excluding hydrogens is 433 g/mol. The average molecular weight is 456 g/mol. The topological polar surface area (TPSA) is 69.7 Å². The van der Waals surface area contributed by atoms with Gasteiger partial charge >= 0.3 is 0 Å². The van der Waals surface area contributed by atoms with E-state index in [1.807, 2.05) is 6.07 Å². The Labute approximate surface area is 181 Å². The molecule has 0 aromatic heterocycles. The number of hydrogen-bond acceptors (Lipinski definition) is 5.